The number of fused-ring (bicyclic) bond motifs is 1. The number of nitrogens with zero attached hydrogens (tertiary/aromatic N) is 3. The number of aromatic nitrogens is 2. The van der Waals surface area contributed by atoms with Gasteiger partial charge in [0.15, 0.2) is 0 Å². The number of nitrogens with one attached hydrogen (secondary N) is 1. The first-order valence-electron chi connectivity index (χ1n) is 11.4. The lowest BCUT2D eigenvalue weighted by Crippen LogP contribution is -2.41. The maximum absolute atomic E-state index is 13.2. The van der Waals surface area contributed by atoms with Gasteiger partial charge in [0.1, 0.15) is 11.5 Å². The van der Waals surface area contributed by atoms with Gasteiger partial charge in [-0.2, -0.15) is 18.2 Å². The van der Waals surface area contributed by atoms with E-state index in [1.807, 2.05) is 0 Å². The first-order chi connectivity index (χ1) is 18.0. The van der Waals surface area contributed by atoms with E-state index in [9.17, 15) is 18.0 Å². The molecule has 4 aromatic rings. The molecular formula is C26H25F3N6O3. The van der Waals surface area contributed by atoms with Crippen LogP contribution in [0.3, 0.4) is 0 Å². The summed E-state index contributed by atoms with van der Waals surface area (Å²) < 4.78 is 50.9. The van der Waals surface area contributed by atoms with Crippen LogP contribution in [0.1, 0.15) is 24.1 Å². The van der Waals surface area contributed by atoms with Gasteiger partial charge in [-0.15, -0.1) is 0 Å². The van der Waals surface area contributed by atoms with Crippen LogP contribution >= 0.6 is 0 Å². The van der Waals surface area contributed by atoms with Crippen molar-refractivity contribution in [3.05, 3.63) is 71.9 Å². The predicted molar refractivity (Wildman–Crippen MR) is 138 cm³/mol. The van der Waals surface area contributed by atoms with Gasteiger partial charge >= 0.3 is 12.2 Å². The zero-order chi connectivity index (χ0) is 27.6. The topological polar surface area (TPSA) is 129 Å². The summed E-state index contributed by atoms with van der Waals surface area (Å²) in [6.45, 7) is 2.79. The first-order valence-corrected chi connectivity index (χ1v) is 11.4. The Bertz CT molecular complexity index is 1480. The van der Waals surface area contributed by atoms with Gasteiger partial charge < -0.3 is 20.5 Å². The minimum atomic E-state index is -4.45. The number of ether oxygens (including phenoxy) is 2. The van der Waals surface area contributed by atoms with Gasteiger partial charge in [-0.05, 0) is 43.7 Å². The molecule has 0 radical (unpaired) electrons. The Morgan fingerprint density at radius 2 is 1.71 bits per heavy atom. The quantitative estimate of drug-likeness (QED) is 0.162. The minimum absolute atomic E-state index is 0.0373. The summed E-state index contributed by atoms with van der Waals surface area (Å²) in [5, 5.41) is 4.61. The van der Waals surface area contributed by atoms with Crippen LogP contribution in [0, 0.1) is 6.92 Å². The fourth-order valence-electron chi connectivity index (χ4n) is 3.85. The Balaban J connectivity index is 1.65. The van der Waals surface area contributed by atoms with Crippen molar-refractivity contribution in [2.45, 2.75) is 25.9 Å². The number of benzene rings is 3. The second-order valence-corrected chi connectivity index (χ2v) is 8.46. The highest BCUT2D eigenvalue weighted by molar-refractivity contribution is 6.08. The van der Waals surface area contributed by atoms with Gasteiger partial charge in [0.2, 0.25) is 11.8 Å². The molecular weight excluding hydrogens is 501 g/mol. The van der Waals surface area contributed by atoms with Crippen molar-refractivity contribution in [1.82, 2.24) is 9.97 Å². The van der Waals surface area contributed by atoms with E-state index in [0.29, 0.717) is 27.9 Å². The summed E-state index contributed by atoms with van der Waals surface area (Å²) >= 11 is 0. The number of alkyl halides is 3. The third-order valence-corrected chi connectivity index (χ3v) is 5.86. The summed E-state index contributed by atoms with van der Waals surface area (Å²) in [4.78, 5) is 21.2. The Labute approximate surface area is 216 Å². The van der Waals surface area contributed by atoms with Crippen molar-refractivity contribution in [2.24, 2.45) is 5.84 Å². The number of hydrogen-bond acceptors (Lipinski definition) is 7. The molecule has 198 valence electrons. The van der Waals surface area contributed by atoms with Crippen LogP contribution in [0.15, 0.2) is 60.7 Å². The number of rotatable bonds is 6. The number of anilines is 3. The highest BCUT2D eigenvalue weighted by atomic mass is 19.4. The van der Waals surface area contributed by atoms with E-state index in [1.165, 1.54) is 25.3 Å². The molecule has 0 aliphatic heterocycles. The lowest BCUT2D eigenvalue weighted by Gasteiger charge is -2.22. The summed E-state index contributed by atoms with van der Waals surface area (Å²) in [5.74, 6) is 5.35. The molecule has 4 rings (SSSR count). The maximum atomic E-state index is 13.2. The van der Waals surface area contributed by atoms with Gasteiger partial charge in [-0.1, -0.05) is 30.3 Å². The van der Waals surface area contributed by atoms with Gasteiger partial charge in [0, 0.05) is 22.5 Å². The first kappa shape index (κ1) is 26.5. The van der Waals surface area contributed by atoms with Crippen molar-refractivity contribution in [1.29, 1.82) is 0 Å². The number of nitrogens with two attached hydrogens (primary N) is 2. The molecule has 9 nitrogen and oxygen atoms in total. The van der Waals surface area contributed by atoms with Gasteiger partial charge in [0.05, 0.1) is 24.4 Å². The van der Waals surface area contributed by atoms with Crippen LogP contribution in [0.2, 0.25) is 0 Å². The number of carbonyl (C=O) groups is 1. The minimum Gasteiger partial charge on any atom is -0.495 e. The second kappa shape index (κ2) is 10.4. The van der Waals surface area contributed by atoms with Gasteiger partial charge in [0.25, 0.3) is 0 Å². The Morgan fingerprint density at radius 1 is 1.03 bits per heavy atom. The van der Waals surface area contributed by atoms with E-state index >= 15 is 0 Å². The van der Waals surface area contributed by atoms with E-state index in [-0.39, 0.29) is 28.8 Å². The van der Waals surface area contributed by atoms with Crippen LogP contribution in [0.25, 0.3) is 10.8 Å². The molecule has 38 heavy (non-hydrogen) atoms. The Kier molecular flexibility index (Phi) is 7.26. The van der Waals surface area contributed by atoms with Gasteiger partial charge in [-0.25, -0.2) is 20.6 Å². The monoisotopic (exact) mass is 526 g/mol. The Morgan fingerprint density at radius 3 is 2.37 bits per heavy atom. The summed E-state index contributed by atoms with van der Waals surface area (Å²) in [6, 6.07) is 15.0. The molecule has 1 heterocycles. The number of hydrazine groups is 1. The van der Waals surface area contributed by atoms with Crippen LogP contribution < -0.4 is 31.4 Å². The predicted octanol–water partition coefficient (Wildman–Crippen LogP) is 5.90. The molecule has 1 aromatic heterocycles. The molecule has 0 saturated heterocycles. The standard InChI is InChI=1S/C26H25F3N6O3/c1-14-12-23(34-24(30)32-14)38-21-11-9-20(17-6-4-5-7-18(17)21)35(31)25(36)33-19-13-16(8-10-22(19)37-3)15(2)26(27,28)29/h4-13,15H,31H2,1-3H3,(H,33,36)(H2,30,32,34). The summed E-state index contributed by atoms with van der Waals surface area (Å²) in [7, 11) is 1.34. The van der Waals surface area contributed by atoms with Crippen LogP contribution in [0.5, 0.6) is 17.4 Å². The number of urea groups is 1. The molecule has 1 atom stereocenters. The molecule has 1 unspecified atom stereocenters. The number of halogens is 3. The average molecular weight is 527 g/mol. The fraction of sp³-hybridized carbons (Fsp3) is 0.192. The number of hydrogen-bond donors (Lipinski definition) is 3. The van der Waals surface area contributed by atoms with E-state index in [1.54, 1.807) is 49.4 Å². The maximum Gasteiger partial charge on any atom is 0.395 e. The largest absolute Gasteiger partial charge is 0.495 e. The third-order valence-electron chi connectivity index (χ3n) is 5.86. The van der Waals surface area contributed by atoms with Crippen LogP contribution in [-0.4, -0.2) is 29.3 Å². The molecule has 0 aliphatic rings. The summed E-state index contributed by atoms with van der Waals surface area (Å²) in [5.41, 5.74) is 6.68. The Hall–Kier alpha value is -4.58. The second-order valence-electron chi connectivity index (χ2n) is 8.46. The lowest BCUT2D eigenvalue weighted by atomic mass is 10.00. The number of methoxy groups -OCH3 is 1. The van der Waals surface area contributed by atoms with Crippen molar-refractivity contribution in [2.75, 3.05) is 23.2 Å². The fourth-order valence-corrected chi connectivity index (χ4v) is 3.85. The number of aryl methyl sites for hydroxylation is 1. The molecule has 0 spiro atoms. The number of carbonyl (C=O) groups excluding carboxylic acids is 1. The van der Waals surface area contributed by atoms with Crippen molar-refractivity contribution in [3.8, 4) is 17.4 Å². The molecule has 12 heteroatoms. The summed E-state index contributed by atoms with van der Waals surface area (Å²) in [6.07, 6.45) is -4.45. The molecule has 0 bridgehead atoms. The highest BCUT2D eigenvalue weighted by Crippen LogP contribution is 2.38. The normalized spacial score (nSPS) is 12.2. The van der Waals surface area contributed by atoms with Crippen molar-refractivity contribution in [3.63, 3.8) is 0 Å². The number of amides is 2. The van der Waals surface area contributed by atoms with Crippen molar-refractivity contribution >= 4 is 34.1 Å². The zero-order valence-electron chi connectivity index (χ0n) is 20.7. The highest BCUT2D eigenvalue weighted by Gasteiger charge is 2.37. The molecule has 5 N–H and O–H groups in total. The van der Waals surface area contributed by atoms with E-state index < -0.39 is 18.1 Å². The van der Waals surface area contributed by atoms with Crippen LogP contribution in [-0.2, 0) is 0 Å². The third kappa shape index (κ3) is 5.54. The van der Waals surface area contributed by atoms with E-state index in [4.69, 9.17) is 21.1 Å². The smallest absolute Gasteiger partial charge is 0.395 e. The van der Waals surface area contributed by atoms with Crippen LogP contribution in [0.4, 0.5) is 35.3 Å². The molecule has 0 aliphatic carbocycles. The van der Waals surface area contributed by atoms with Crippen molar-refractivity contribution < 1.29 is 27.4 Å². The number of nitrogen functional groups attached to an aromatic ring is 1. The molecule has 2 amide bonds. The van der Waals surface area contributed by atoms with Gasteiger partial charge in [-0.3, -0.25) is 0 Å². The molecule has 0 saturated carbocycles. The van der Waals surface area contributed by atoms with E-state index in [2.05, 4.69) is 15.3 Å². The van der Waals surface area contributed by atoms with E-state index in [0.717, 1.165) is 11.9 Å². The lowest BCUT2D eigenvalue weighted by molar-refractivity contribution is -0.146. The zero-order valence-corrected chi connectivity index (χ0v) is 20.7. The average Bonchev–Trinajstić information content (AvgIpc) is 2.87. The molecule has 0 fully saturated rings. The SMILES string of the molecule is COc1ccc(C(C)C(F)(F)F)cc1NC(=O)N(N)c1ccc(Oc2cc(C)nc(N)n2)c2ccccc12. The molecule has 3 aromatic carbocycles.